The van der Waals surface area contributed by atoms with Crippen molar-refractivity contribution in [1.82, 2.24) is 4.90 Å². The highest BCUT2D eigenvalue weighted by atomic mass is 16.3. The highest BCUT2D eigenvalue weighted by molar-refractivity contribution is 5.94. The quantitative estimate of drug-likeness (QED) is 0.848. The maximum atomic E-state index is 12.6. The van der Waals surface area contributed by atoms with Crippen LogP contribution in [0.1, 0.15) is 29.8 Å². The monoisotopic (exact) mass is 284 g/mol. The van der Waals surface area contributed by atoms with Gasteiger partial charge in [-0.3, -0.25) is 4.79 Å². The van der Waals surface area contributed by atoms with E-state index in [0.29, 0.717) is 17.8 Å². The van der Waals surface area contributed by atoms with Crippen molar-refractivity contribution >= 4 is 11.6 Å². The summed E-state index contributed by atoms with van der Waals surface area (Å²) in [5.41, 5.74) is 7.93. The second kappa shape index (κ2) is 6.31. The van der Waals surface area contributed by atoms with Crippen LogP contribution in [0.4, 0.5) is 5.69 Å². The zero-order valence-electron chi connectivity index (χ0n) is 12.3. The fraction of sp³-hybridized carbons (Fsp3) is 0.235. The fourth-order valence-corrected chi connectivity index (χ4v) is 2.18. The molecule has 2 rings (SSSR count). The molecule has 0 saturated carbocycles. The molecule has 21 heavy (non-hydrogen) atoms. The Kier molecular flexibility index (Phi) is 4.48. The van der Waals surface area contributed by atoms with E-state index in [2.05, 4.69) is 0 Å². The Bertz CT molecular complexity index is 638. The molecule has 2 aromatic carbocycles. The van der Waals surface area contributed by atoms with E-state index in [0.717, 1.165) is 5.56 Å². The van der Waals surface area contributed by atoms with Gasteiger partial charge in [0.2, 0.25) is 0 Å². The number of anilines is 1. The lowest BCUT2D eigenvalue weighted by Gasteiger charge is -2.27. The topological polar surface area (TPSA) is 66.6 Å². The Morgan fingerprint density at radius 1 is 1.19 bits per heavy atom. The predicted octanol–water partition coefficient (Wildman–Crippen LogP) is 3.03. The van der Waals surface area contributed by atoms with Crippen molar-refractivity contribution in [3.8, 4) is 5.75 Å². The van der Waals surface area contributed by atoms with Crippen molar-refractivity contribution in [3.05, 3.63) is 59.7 Å². The van der Waals surface area contributed by atoms with Crippen LogP contribution in [0.3, 0.4) is 0 Å². The van der Waals surface area contributed by atoms with E-state index in [-0.39, 0.29) is 17.7 Å². The molecule has 2 aromatic rings. The first kappa shape index (κ1) is 14.9. The lowest BCUT2D eigenvalue weighted by Crippen LogP contribution is -2.36. The third-order valence-corrected chi connectivity index (χ3v) is 3.28. The Morgan fingerprint density at radius 3 is 2.52 bits per heavy atom. The van der Waals surface area contributed by atoms with Gasteiger partial charge in [-0.1, -0.05) is 18.2 Å². The molecule has 0 unspecified atom stereocenters. The Morgan fingerprint density at radius 2 is 1.90 bits per heavy atom. The van der Waals surface area contributed by atoms with Crippen LogP contribution in [-0.4, -0.2) is 22.0 Å². The highest BCUT2D eigenvalue weighted by Gasteiger charge is 2.19. The van der Waals surface area contributed by atoms with Crippen LogP contribution < -0.4 is 5.73 Å². The van der Waals surface area contributed by atoms with Crippen LogP contribution in [0.2, 0.25) is 0 Å². The number of amides is 1. The lowest BCUT2D eigenvalue weighted by molar-refractivity contribution is 0.0690. The number of hydrogen-bond acceptors (Lipinski definition) is 3. The van der Waals surface area contributed by atoms with Crippen LogP contribution in [0, 0.1) is 0 Å². The maximum Gasteiger partial charge on any atom is 0.254 e. The molecule has 3 N–H and O–H groups in total. The van der Waals surface area contributed by atoms with E-state index in [1.54, 1.807) is 23.1 Å². The number of nitrogen functional groups attached to an aromatic ring is 1. The van der Waals surface area contributed by atoms with Crippen LogP contribution in [0.15, 0.2) is 48.5 Å². The normalized spacial score (nSPS) is 10.6. The third-order valence-electron chi connectivity index (χ3n) is 3.28. The molecular weight excluding hydrogens is 264 g/mol. The molecular formula is C17H20N2O2. The van der Waals surface area contributed by atoms with Crippen LogP contribution in [-0.2, 0) is 6.54 Å². The molecule has 0 aliphatic heterocycles. The van der Waals surface area contributed by atoms with Gasteiger partial charge in [-0.25, -0.2) is 0 Å². The number of nitrogens with zero attached hydrogens (tertiary/aromatic N) is 1. The number of carbonyl (C=O) groups is 1. The summed E-state index contributed by atoms with van der Waals surface area (Å²) in [4.78, 5) is 14.4. The average molecular weight is 284 g/mol. The third kappa shape index (κ3) is 3.75. The van der Waals surface area contributed by atoms with E-state index in [9.17, 15) is 9.90 Å². The molecule has 1 amide bonds. The van der Waals surface area contributed by atoms with Gasteiger partial charge >= 0.3 is 0 Å². The summed E-state index contributed by atoms with van der Waals surface area (Å²) >= 11 is 0. The second-order valence-corrected chi connectivity index (χ2v) is 5.32. The van der Waals surface area contributed by atoms with Crippen molar-refractivity contribution in [3.63, 3.8) is 0 Å². The molecule has 0 aromatic heterocycles. The first-order valence-electron chi connectivity index (χ1n) is 6.92. The summed E-state index contributed by atoms with van der Waals surface area (Å²) in [6.45, 7) is 4.41. The molecule has 0 saturated heterocycles. The number of phenolic OH excluding ortho intramolecular Hbond substituents is 1. The maximum absolute atomic E-state index is 12.6. The highest BCUT2D eigenvalue weighted by Crippen LogP contribution is 2.17. The molecule has 4 nitrogen and oxygen atoms in total. The summed E-state index contributed by atoms with van der Waals surface area (Å²) < 4.78 is 0. The standard InChI is InChI=1S/C17H20N2O2/c1-12(2)19(11-13-5-3-7-15(18)9-13)17(21)14-6-4-8-16(20)10-14/h3-10,12,20H,11,18H2,1-2H3. The van der Waals surface area contributed by atoms with E-state index in [4.69, 9.17) is 5.73 Å². The molecule has 0 atom stereocenters. The first-order chi connectivity index (χ1) is 9.97. The van der Waals surface area contributed by atoms with Gasteiger partial charge in [0.25, 0.3) is 5.91 Å². The number of nitrogens with two attached hydrogens (primary N) is 1. The Labute approximate surface area is 124 Å². The molecule has 0 aliphatic rings. The van der Waals surface area contributed by atoms with Crippen molar-refractivity contribution in [2.45, 2.75) is 26.4 Å². The molecule has 0 radical (unpaired) electrons. The number of rotatable bonds is 4. The van der Waals surface area contributed by atoms with Gasteiger partial charge in [-0.05, 0) is 49.7 Å². The molecule has 0 aliphatic carbocycles. The summed E-state index contributed by atoms with van der Waals surface area (Å²) in [5, 5.41) is 9.52. The minimum atomic E-state index is -0.108. The van der Waals surface area contributed by atoms with Gasteiger partial charge in [0, 0.05) is 23.8 Å². The van der Waals surface area contributed by atoms with E-state index < -0.39 is 0 Å². The number of phenols is 1. The van der Waals surface area contributed by atoms with Gasteiger partial charge < -0.3 is 15.7 Å². The summed E-state index contributed by atoms with van der Waals surface area (Å²) in [5.74, 6) is -0.0168. The molecule has 4 heteroatoms. The van der Waals surface area contributed by atoms with Crippen LogP contribution in [0.25, 0.3) is 0 Å². The molecule has 0 bridgehead atoms. The van der Waals surface area contributed by atoms with E-state index in [1.807, 2.05) is 38.1 Å². The summed E-state index contributed by atoms with van der Waals surface area (Å²) in [7, 11) is 0. The summed E-state index contributed by atoms with van der Waals surface area (Å²) in [6.07, 6.45) is 0. The predicted molar refractivity (Wildman–Crippen MR) is 84.0 cm³/mol. The zero-order chi connectivity index (χ0) is 15.4. The number of hydrogen-bond donors (Lipinski definition) is 2. The zero-order valence-corrected chi connectivity index (χ0v) is 12.3. The van der Waals surface area contributed by atoms with Gasteiger partial charge in [0.1, 0.15) is 5.75 Å². The van der Waals surface area contributed by atoms with Crippen LogP contribution in [0.5, 0.6) is 5.75 Å². The number of aromatic hydroxyl groups is 1. The number of carbonyl (C=O) groups excluding carboxylic acids is 1. The molecule has 0 spiro atoms. The van der Waals surface area contributed by atoms with E-state index >= 15 is 0 Å². The molecule has 110 valence electrons. The van der Waals surface area contributed by atoms with Gasteiger partial charge in [0.05, 0.1) is 0 Å². The fourth-order valence-electron chi connectivity index (χ4n) is 2.18. The van der Waals surface area contributed by atoms with Gasteiger partial charge in [-0.2, -0.15) is 0 Å². The minimum Gasteiger partial charge on any atom is -0.508 e. The van der Waals surface area contributed by atoms with Gasteiger partial charge in [-0.15, -0.1) is 0 Å². The number of benzene rings is 2. The smallest absolute Gasteiger partial charge is 0.254 e. The van der Waals surface area contributed by atoms with Crippen molar-refractivity contribution in [2.75, 3.05) is 5.73 Å². The first-order valence-corrected chi connectivity index (χ1v) is 6.92. The molecule has 0 heterocycles. The Balaban J connectivity index is 2.25. The van der Waals surface area contributed by atoms with Crippen molar-refractivity contribution in [2.24, 2.45) is 0 Å². The molecule has 0 fully saturated rings. The SMILES string of the molecule is CC(C)N(Cc1cccc(N)c1)C(=O)c1cccc(O)c1. The van der Waals surface area contributed by atoms with Crippen molar-refractivity contribution in [1.29, 1.82) is 0 Å². The lowest BCUT2D eigenvalue weighted by atomic mass is 10.1. The van der Waals surface area contributed by atoms with E-state index in [1.165, 1.54) is 6.07 Å². The van der Waals surface area contributed by atoms with Crippen LogP contribution >= 0.6 is 0 Å². The minimum absolute atomic E-state index is 0.0429. The summed E-state index contributed by atoms with van der Waals surface area (Å²) in [6, 6.07) is 14.0. The largest absolute Gasteiger partial charge is 0.508 e. The average Bonchev–Trinajstić information content (AvgIpc) is 2.44. The van der Waals surface area contributed by atoms with Gasteiger partial charge in [0.15, 0.2) is 0 Å². The Hall–Kier alpha value is -2.49. The second-order valence-electron chi connectivity index (χ2n) is 5.32. The van der Waals surface area contributed by atoms with Crippen molar-refractivity contribution < 1.29 is 9.90 Å².